The summed E-state index contributed by atoms with van der Waals surface area (Å²) in [5, 5.41) is 0. The van der Waals surface area contributed by atoms with E-state index in [9.17, 15) is 9.59 Å². The third-order valence-corrected chi connectivity index (χ3v) is 3.37. The number of ether oxygens (including phenoxy) is 3. The van der Waals surface area contributed by atoms with Crippen LogP contribution in [0.1, 0.15) is 11.7 Å². The molecule has 0 aliphatic carbocycles. The second kappa shape index (κ2) is 6.39. The first-order valence-corrected chi connectivity index (χ1v) is 7.08. The molecule has 1 aliphatic rings. The van der Waals surface area contributed by atoms with E-state index in [1.807, 2.05) is 0 Å². The number of fused-ring (bicyclic) bond motifs is 1. The zero-order chi connectivity index (χ0) is 16.2. The average Bonchev–Trinajstić information content (AvgIpc) is 2.59. The Morgan fingerprint density at radius 2 is 1.70 bits per heavy atom. The van der Waals surface area contributed by atoms with Gasteiger partial charge in [0.2, 0.25) is 12.2 Å². The van der Waals surface area contributed by atoms with Gasteiger partial charge in [-0.2, -0.15) is 0 Å². The molecule has 0 bridgehead atoms. The monoisotopic (exact) mass is 313 g/mol. The van der Waals surface area contributed by atoms with E-state index in [-0.39, 0.29) is 6.61 Å². The second-order valence-electron chi connectivity index (χ2n) is 4.99. The molecule has 1 heterocycles. The summed E-state index contributed by atoms with van der Waals surface area (Å²) in [5.41, 5.74) is 5.84. The number of rotatable bonds is 4. The van der Waals surface area contributed by atoms with Crippen LogP contribution in [0.15, 0.2) is 54.6 Å². The minimum absolute atomic E-state index is 0.0100. The van der Waals surface area contributed by atoms with Gasteiger partial charge in [-0.25, -0.2) is 4.79 Å². The highest BCUT2D eigenvalue weighted by atomic mass is 16.6. The van der Waals surface area contributed by atoms with Crippen molar-refractivity contribution in [3.8, 4) is 11.5 Å². The van der Waals surface area contributed by atoms with Gasteiger partial charge in [-0.05, 0) is 12.1 Å². The summed E-state index contributed by atoms with van der Waals surface area (Å²) in [5.74, 6) is -0.434. The molecular formula is C17H15NO5. The maximum Gasteiger partial charge on any atom is 0.352 e. The number of para-hydroxylation sites is 2. The van der Waals surface area contributed by atoms with Gasteiger partial charge in [-0.3, -0.25) is 4.79 Å². The molecule has 6 nitrogen and oxygen atoms in total. The Bertz CT molecular complexity index is 716. The third-order valence-electron chi connectivity index (χ3n) is 3.37. The first-order valence-electron chi connectivity index (χ1n) is 7.08. The standard InChI is InChI=1S/C17H15NO5/c18-16(19)15(11-6-2-1-3-7-11)23-17(20)14-10-21-12-8-4-5-9-13(12)22-14/h1-9,14-15H,10H2,(H2,18,19). The van der Waals surface area contributed by atoms with E-state index in [0.29, 0.717) is 17.1 Å². The smallest absolute Gasteiger partial charge is 0.352 e. The van der Waals surface area contributed by atoms with Gasteiger partial charge < -0.3 is 19.9 Å². The summed E-state index contributed by atoms with van der Waals surface area (Å²) in [7, 11) is 0. The molecule has 2 aromatic rings. The molecule has 1 aliphatic heterocycles. The molecule has 2 aromatic carbocycles. The Hall–Kier alpha value is -3.02. The molecule has 2 unspecified atom stereocenters. The lowest BCUT2D eigenvalue weighted by atomic mass is 10.1. The first kappa shape index (κ1) is 14.9. The van der Waals surface area contributed by atoms with Crippen LogP contribution in [0, 0.1) is 0 Å². The highest BCUT2D eigenvalue weighted by Gasteiger charge is 2.32. The number of hydrogen-bond donors (Lipinski definition) is 1. The zero-order valence-corrected chi connectivity index (χ0v) is 12.2. The molecule has 0 spiro atoms. The van der Waals surface area contributed by atoms with Gasteiger partial charge in [-0.1, -0.05) is 42.5 Å². The van der Waals surface area contributed by atoms with Crippen molar-refractivity contribution in [2.75, 3.05) is 6.61 Å². The molecule has 0 saturated carbocycles. The van der Waals surface area contributed by atoms with Crippen molar-refractivity contribution in [1.29, 1.82) is 0 Å². The van der Waals surface area contributed by atoms with Gasteiger partial charge >= 0.3 is 5.97 Å². The zero-order valence-electron chi connectivity index (χ0n) is 12.2. The summed E-state index contributed by atoms with van der Waals surface area (Å²) >= 11 is 0. The molecule has 23 heavy (non-hydrogen) atoms. The molecule has 0 saturated heterocycles. The molecule has 0 aromatic heterocycles. The minimum atomic E-state index is -1.16. The topological polar surface area (TPSA) is 87.9 Å². The molecule has 0 fully saturated rings. The quantitative estimate of drug-likeness (QED) is 0.866. The SMILES string of the molecule is NC(=O)C(OC(=O)C1COc2ccccc2O1)c1ccccc1. The predicted octanol–water partition coefficient (Wildman–Crippen LogP) is 1.60. The van der Waals surface area contributed by atoms with Crippen LogP contribution >= 0.6 is 0 Å². The van der Waals surface area contributed by atoms with Crippen LogP contribution in [0.5, 0.6) is 11.5 Å². The summed E-state index contributed by atoms with van der Waals surface area (Å²) in [4.78, 5) is 23.9. The number of primary amides is 1. The number of nitrogens with two attached hydrogens (primary N) is 1. The molecule has 2 atom stereocenters. The van der Waals surface area contributed by atoms with Crippen LogP contribution in [-0.4, -0.2) is 24.6 Å². The number of esters is 1. The lowest BCUT2D eigenvalue weighted by Gasteiger charge is -2.26. The van der Waals surface area contributed by atoms with Gasteiger partial charge in [0.1, 0.15) is 6.61 Å². The maximum atomic E-state index is 12.3. The van der Waals surface area contributed by atoms with Gasteiger partial charge in [0, 0.05) is 5.56 Å². The molecule has 6 heteroatoms. The predicted molar refractivity (Wildman–Crippen MR) is 80.8 cm³/mol. The van der Waals surface area contributed by atoms with Crippen LogP contribution in [0.3, 0.4) is 0 Å². The van der Waals surface area contributed by atoms with Crippen LogP contribution in [0.25, 0.3) is 0 Å². The van der Waals surface area contributed by atoms with Crippen LogP contribution in [-0.2, 0) is 14.3 Å². The number of hydrogen-bond acceptors (Lipinski definition) is 5. The summed E-state index contributed by atoms with van der Waals surface area (Å²) < 4.78 is 16.3. The van der Waals surface area contributed by atoms with Crippen LogP contribution in [0.4, 0.5) is 0 Å². The van der Waals surface area contributed by atoms with Crippen molar-refractivity contribution >= 4 is 11.9 Å². The van der Waals surface area contributed by atoms with Gasteiger partial charge in [0.15, 0.2) is 11.5 Å². The van der Waals surface area contributed by atoms with Crippen molar-refractivity contribution in [3.63, 3.8) is 0 Å². The highest BCUT2D eigenvalue weighted by Crippen LogP contribution is 2.31. The van der Waals surface area contributed by atoms with E-state index in [4.69, 9.17) is 19.9 Å². The summed E-state index contributed by atoms with van der Waals surface area (Å²) in [6, 6.07) is 15.6. The molecule has 3 rings (SSSR count). The van der Waals surface area contributed by atoms with Gasteiger partial charge in [-0.15, -0.1) is 0 Å². The Morgan fingerprint density at radius 3 is 2.39 bits per heavy atom. The number of carbonyl (C=O) groups excluding carboxylic acids is 2. The van der Waals surface area contributed by atoms with Crippen LogP contribution < -0.4 is 15.2 Å². The fourth-order valence-corrected chi connectivity index (χ4v) is 2.25. The van der Waals surface area contributed by atoms with Crippen molar-refractivity contribution in [3.05, 3.63) is 60.2 Å². The Kier molecular flexibility index (Phi) is 4.14. The second-order valence-corrected chi connectivity index (χ2v) is 4.99. The maximum absolute atomic E-state index is 12.3. The molecular weight excluding hydrogens is 298 g/mol. The Labute approximate surface area is 132 Å². The minimum Gasteiger partial charge on any atom is -0.485 e. The first-order chi connectivity index (χ1) is 11.1. The Balaban J connectivity index is 1.72. The Morgan fingerprint density at radius 1 is 1.04 bits per heavy atom. The van der Waals surface area contributed by atoms with Crippen LogP contribution in [0.2, 0.25) is 0 Å². The summed E-state index contributed by atoms with van der Waals surface area (Å²) in [6.45, 7) is 0.0100. The molecule has 1 amide bonds. The van der Waals surface area contributed by atoms with E-state index in [2.05, 4.69) is 0 Å². The normalized spacial score (nSPS) is 17.1. The lowest BCUT2D eigenvalue weighted by Crippen LogP contribution is -2.40. The average molecular weight is 313 g/mol. The van der Waals surface area contributed by atoms with E-state index >= 15 is 0 Å². The lowest BCUT2D eigenvalue weighted by molar-refractivity contribution is -0.164. The molecule has 2 N–H and O–H groups in total. The van der Waals surface area contributed by atoms with Crippen molar-refractivity contribution < 1.29 is 23.8 Å². The third kappa shape index (κ3) is 3.26. The van der Waals surface area contributed by atoms with Crippen molar-refractivity contribution in [2.24, 2.45) is 5.73 Å². The van der Waals surface area contributed by atoms with Crippen molar-refractivity contribution in [1.82, 2.24) is 0 Å². The fourth-order valence-electron chi connectivity index (χ4n) is 2.25. The van der Waals surface area contributed by atoms with E-state index in [0.717, 1.165) is 0 Å². The number of benzene rings is 2. The summed E-state index contributed by atoms with van der Waals surface area (Å²) in [6.07, 6.45) is -2.11. The van der Waals surface area contributed by atoms with E-state index in [1.165, 1.54) is 0 Å². The largest absolute Gasteiger partial charge is 0.485 e. The molecule has 0 radical (unpaired) electrons. The highest BCUT2D eigenvalue weighted by molar-refractivity contribution is 5.85. The molecule has 118 valence electrons. The van der Waals surface area contributed by atoms with E-state index in [1.54, 1.807) is 54.6 Å². The van der Waals surface area contributed by atoms with Crippen molar-refractivity contribution in [2.45, 2.75) is 12.2 Å². The fraction of sp³-hybridized carbons (Fsp3) is 0.176. The number of carbonyl (C=O) groups is 2. The van der Waals surface area contributed by atoms with Gasteiger partial charge in [0.05, 0.1) is 0 Å². The van der Waals surface area contributed by atoms with Gasteiger partial charge in [0.25, 0.3) is 5.91 Å². The number of amides is 1. The van der Waals surface area contributed by atoms with E-state index < -0.39 is 24.1 Å².